The smallest absolute Gasteiger partial charge is 0.341 e. The number of ether oxygens (including phenoxy) is 3. The molecular formula is C19H27NO5. The van der Waals surface area contributed by atoms with Crippen LogP contribution < -0.4 is 10.1 Å². The molecule has 1 N–H and O–H groups in total. The minimum absolute atomic E-state index is 0.198. The number of hydrogen-bond acceptors (Lipinski definition) is 5. The number of hydrogen-bond donors (Lipinski definition) is 1. The van der Waals surface area contributed by atoms with Crippen LogP contribution in [-0.2, 0) is 14.3 Å². The van der Waals surface area contributed by atoms with Crippen LogP contribution in [0.1, 0.15) is 50.9 Å². The second kappa shape index (κ2) is 8.34. The van der Waals surface area contributed by atoms with Crippen molar-refractivity contribution in [3.63, 3.8) is 0 Å². The summed E-state index contributed by atoms with van der Waals surface area (Å²) in [4.78, 5) is 24.9. The molecule has 0 unspecified atom stereocenters. The zero-order chi connectivity index (χ0) is 18.4. The van der Waals surface area contributed by atoms with Crippen molar-refractivity contribution in [2.45, 2.75) is 46.1 Å². The molecule has 2 rings (SSSR count). The topological polar surface area (TPSA) is 73.9 Å². The Balaban J connectivity index is 2.22. The van der Waals surface area contributed by atoms with Crippen LogP contribution in [0.5, 0.6) is 5.75 Å². The Bertz CT molecular complexity index is 626. The summed E-state index contributed by atoms with van der Waals surface area (Å²) in [6.07, 6.45) is 1.97. The number of nitrogens with one attached hydrogen (secondary N) is 1. The fourth-order valence-corrected chi connectivity index (χ4v) is 2.82. The number of benzene rings is 1. The predicted octanol–water partition coefficient (Wildman–Crippen LogP) is 3.41. The maximum absolute atomic E-state index is 12.7. The largest absolute Gasteiger partial charge is 0.493 e. The molecule has 1 saturated carbocycles. The van der Waals surface area contributed by atoms with Crippen LogP contribution in [0.3, 0.4) is 0 Å². The number of amides is 1. The molecule has 25 heavy (non-hydrogen) atoms. The maximum Gasteiger partial charge on any atom is 0.341 e. The van der Waals surface area contributed by atoms with Crippen LogP contribution in [0, 0.1) is 5.92 Å². The molecule has 1 amide bonds. The van der Waals surface area contributed by atoms with Gasteiger partial charge in [0.15, 0.2) is 0 Å². The Labute approximate surface area is 148 Å². The predicted molar refractivity (Wildman–Crippen MR) is 95.0 cm³/mol. The van der Waals surface area contributed by atoms with Crippen LogP contribution >= 0.6 is 0 Å². The lowest BCUT2D eigenvalue weighted by atomic mass is 9.98. The first kappa shape index (κ1) is 19.2. The van der Waals surface area contributed by atoms with Gasteiger partial charge in [0.05, 0.1) is 13.2 Å². The average molecular weight is 349 g/mol. The first-order chi connectivity index (χ1) is 12.0. The molecule has 0 heterocycles. The molecule has 138 valence electrons. The molecule has 1 aromatic carbocycles. The molecule has 6 heteroatoms. The second-order valence-electron chi connectivity index (χ2n) is 6.13. The summed E-state index contributed by atoms with van der Waals surface area (Å²) < 4.78 is 16.3. The summed E-state index contributed by atoms with van der Waals surface area (Å²) in [5.74, 6) is 0.000942. The van der Waals surface area contributed by atoms with E-state index in [9.17, 15) is 9.59 Å². The Morgan fingerprint density at radius 2 is 1.88 bits per heavy atom. The molecule has 0 radical (unpaired) electrons. The van der Waals surface area contributed by atoms with Gasteiger partial charge in [-0.3, -0.25) is 4.79 Å². The fourth-order valence-electron chi connectivity index (χ4n) is 2.82. The fraction of sp³-hybridized carbons (Fsp3) is 0.579. The third-order valence-corrected chi connectivity index (χ3v) is 4.28. The van der Waals surface area contributed by atoms with Crippen LogP contribution in [0.25, 0.3) is 0 Å². The number of esters is 1. The summed E-state index contributed by atoms with van der Waals surface area (Å²) >= 11 is 0. The van der Waals surface area contributed by atoms with Crippen LogP contribution in [0.2, 0.25) is 0 Å². The van der Waals surface area contributed by atoms with E-state index in [4.69, 9.17) is 14.2 Å². The van der Waals surface area contributed by atoms with Gasteiger partial charge in [-0.2, -0.15) is 0 Å². The monoisotopic (exact) mass is 349 g/mol. The maximum atomic E-state index is 12.7. The van der Waals surface area contributed by atoms with Gasteiger partial charge in [-0.1, -0.05) is 0 Å². The number of carbonyl (C=O) groups excluding carboxylic acids is 2. The molecule has 1 aromatic rings. The van der Waals surface area contributed by atoms with Crippen molar-refractivity contribution in [1.29, 1.82) is 0 Å². The highest BCUT2D eigenvalue weighted by Gasteiger charge is 2.48. The lowest BCUT2D eigenvalue weighted by Crippen LogP contribution is -2.44. The van der Waals surface area contributed by atoms with Gasteiger partial charge in [-0.05, 0) is 64.7 Å². The standard InChI is InChI=1S/C19H27NO5/c1-5-23-16-11-10-14(12-15(16)17(21)24-6-2)20-18(22)19(4,25-7-3)13-8-9-13/h10-13H,5-9H2,1-4H3,(H,20,22)/t19-/m1/s1. The van der Waals surface area contributed by atoms with Crippen LogP contribution in [0.15, 0.2) is 18.2 Å². The average Bonchev–Trinajstić information content (AvgIpc) is 3.42. The van der Waals surface area contributed by atoms with E-state index in [1.165, 1.54) is 0 Å². The molecule has 1 aliphatic rings. The van der Waals surface area contributed by atoms with Gasteiger partial charge in [0.25, 0.3) is 5.91 Å². The summed E-state index contributed by atoms with van der Waals surface area (Å²) in [5, 5.41) is 2.87. The molecule has 0 saturated heterocycles. The summed E-state index contributed by atoms with van der Waals surface area (Å²) in [6, 6.07) is 4.96. The van der Waals surface area contributed by atoms with Gasteiger partial charge in [0, 0.05) is 12.3 Å². The Morgan fingerprint density at radius 1 is 1.16 bits per heavy atom. The molecule has 1 aliphatic carbocycles. The van der Waals surface area contributed by atoms with Crippen molar-refractivity contribution in [1.82, 2.24) is 0 Å². The van der Waals surface area contributed by atoms with Crippen molar-refractivity contribution < 1.29 is 23.8 Å². The van der Waals surface area contributed by atoms with Gasteiger partial charge in [-0.25, -0.2) is 4.79 Å². The first-order valence-corrected chi connectivity index (χ1v) is 8.85. The minimum Gasteiger partial charge on any atom is -0.493 e. The van der Waals surface area contributed by atoms with E-state index in [1.807, 2.05) is 20.8 Å². The summed E-state index contributed by atoms with van der Waals surface area (Å²) in [6.45, 7) is 8.46. The Hall–Kier alpha value is -2.08. The molecular weight excluding hydrogens is 322 g/mol. The van der Waals surface area contributed by atoms with E-state index in [-0.39, 0.29) is 18.4 Å². The van der Waals surface area contributed by atoms with E-state index in [0.717, 1.165) is 12.8 Å². The van der Waals surface area contributed by atoms with E-state index in [1.54, 1.807) is 25.1 Å². The van der Waals surface area contributed by atoms with E-state index in [2.05, 4.69) is 5.32 Å². The van der Waals surface area contributed by atoms with Crippen LogP contribution in [-0.4, -0.2) is 37.3 Å². The highest BCUT2D eigenvalue weighted by Crippen LogP contribution is 2.42. The quantitative estimate of drug-likeness (QED) is 0.692. The van der Waals surface area contributed by atoms with Gasteiger partial charge in [0.2, 0.25) is 0 Å². The third kappa shape index (κ3) is 4.51. The lowest BCUT2D eigenvalue weighted by molar-refractivity contribution is -0.141. The van der Waals surface area contributed by atoms with Crippen molar-refractivity contribution >= 4 is 17.6 Å². The number of carbonyl (C=O) groups is 2. The Morgan fingerprint density at radius 3 is 2.44 bits per heavy atom. The summed E-state index contributed by atoms with van der Waals surface area (Å²) in [5.41, 5.74) is -0.0358. The molecule has 1 atom stereocenters. The summed E-state index contributed by atoms with van der Waals surface area (Å²) in [7, 11) is 0. The van der Waals surface area contributed by atoms with Crippen molar-refractivity contribution in [2.75, 3.05) is 25.1 Å². The normalized spacial score (nSPS) is 16.0. The van der Waals surface area contributed by atoms with E-state index in [0.29, 0.717) is 30.2 Å². The number of anilines is 1. The molecule has 0 spiro atoms. The second-order valence-corrected chi connectivity index (χ2v) is 6.13. The van der Waals surface area contributed by atoms with E-state index >= 15 is 0 Å². The van der Waals surface area contributed by atoms with Gasteiger partial charge in [0.1, 0.15) is 16.9 Å². The molecule has 1 fully saturated rings. The zero-order valence-corrected chi connectivity index (χ0v) is 15.4. The minimum atomic E-state index is -0.850. The van der Waals surface area contributed by atoms with Gasteiger partial charge in [-0.15, -0.1) is 0 Å². The Kier molecular flexibility index (Phi) is 6.42. The molecule has 6 nitrogen and oxygen atoms in total. The van der Waals surface area contributed by atoms with E-state index < -0.39 is 11.6 Å². The lowest BCUT2D eigenvalue weighted by Gasteiger charge is -2.28. The van der Waals surface area contributed by atoms with Crippen molar-refractivity contribution in [3.05, 3.63) is 23.8 Å². The van der Waals surface area contributed by atoms with Crippen molar-refractivity contribution in [2.24, 2.45) is 5.92 Å². The first-order valence-electron chi connectivity index (χ1n) is 8.85. The molecule has 0 aliphatic heterocycles. The van der Waals surface area contributed by atoms with Crippen molar-refractivity contribution in [3.8, 4) is 5.75 Å². The molecule has 0 aromatic heterocycles. The highest BCUT2D eigenvalue weighted by molar-refractivity contribution is 6.00. The van der Waals surface area contributed by atoms with Gasteiger partial charge < -0.3 is 19.5 Å². The number of rotatable bonds is 9. The third-order valence-electron chi connectivity index (χ3n) is 4.28. The van der Waals surface area contributed by atoms with Crippen LogP contribution in [0.4, 0.5) is 5.69 Å². The van der Waals surface area contributed by atoms with Gasteiger partial charge >= 0.3 is 5.97 Å². The zero-order valence-electron chi connectivity index (χ0n) is 15.4. The molecule has 0 bridgehead atoms. The highest BCUT2D eigenvalue weighted by atomic mass is 16.5. The SMILES string of the molecule is CCOC(=O)c1cc(NC(=O)[C@](C)(OCC)C2CC2)ccc1OCC.